The Labute approximate surface area is 58.6 Å². The van der Waals surface area contributed by atoms with Crippen LogP contribution >= 0.6 is 0 Å². The molecule has 0 saturated heterocycles. The zero-order valence-electron chi connectivity index (χ0n) is 5.70. The lowest BCUT2D eigenvalue weighted by molar-refractivity contribution is -0.137. The molecule has 0 aromatic carbocycles. The molecule has 1 N–H and O–H groups in total. The number of carboxylic acid groups (broad SMARTS) is 1. The summed E-state index contributed by atoms with van der Waals surface area (Å²) in [7, 11) is 0. The number of rotatable bonds is 4. The number of carbonyl (C=O) groups excluding carboxylic acids is 1. The third-order valence-electron chi connectivity index (χ3n) is 0.991. The Hall–Kier alpha value is -1.15. The lowest BCUT2D eigenvalue weighted by Crippen LogP contribution is -2.06. The second-order valence-corrected chi connectivity index (χ2v) is 2.14. The first-order valence-electron chi connectivity index (χ1n) is 2.92. The van der Waals surface area contributed by atoms with E-state index >= 15 is 0 Å². The van der Waals surface area contributed by atoms with Gasteiger partial charge in [-0.3, -0.25) is 4.79 Å². The van der Waals surface area contributed by atoms with Crippen LogP contribution in [0.25, 0.3) is 0 Å². The van der Waals surface area contributed by atoms with E-state index < -0.39 is 5.97 Å². The van der Waals surface area contributed by atoms with E-state index in [0.29, 0.717) is 0 Å². The highest BCUT2D eigenvalue weighted by atomic mass is 16.4. The molecule has 0 aromatic heterocycles. The molecule has 4 nitrogen and oxygen atoms in total. The second-order valence-electron chi connectivity index (χ2n) is 2.14. The van der Waals surface area contributed by atoms with Crippen LogP contribution in [0, 0.1) is 5.92 Å². The molecule has 0 saturated carbocycles. The molecule has 1 unspecified atom stereocenters. The Morgan fingerprint density at radius 3 is 2.80 bits per heavy atom. The molecule has 0 aromatic rings. The van der Waals surface area contributed by atoms with Crippen molar-refractivity contribution < 1.29 is 14.7 Å². The van der Waals surface area contributed by atoms with Crippen molar-refractivity contribution in [1.29, 1.82) is 0 Å². The molecule has 0 bridgehead atoms. The van der Waals surface area contributed by atoms with E-state index in [2.05, 4.69) is 4.99 Å². The zero-order chi connectivity index (χ0) is 7.98. The molecule has 0 spiro atoms. The number of carbonyl (C=O) groups is 1. The van der Waals surface area contributed by atoms with Crippen molar-refractivity contribution in [3.8, 4) is 0 Å². The first kappa shape index (κ1) is 8.85. The number of nitrogens with zero attached hydrogens (tertiary/aromatic N) is 1. The normalized spacial score (nSPS) is 11.7. The Bertz CT molecular complexity index is 156. The summed E-state index contributed by atoms with van der Waals surface area (Å²) >= 11 is 0. The second kappa shape index (κ2) is 4.70. The summed E-state index contributed by atoms with van der Waals surface area (Å²) < 4.78 is 0. The van der Waals surface area contributed by atoms with Crippen molar-refractivity contribution >= 4 is 12.0 Å². The highest BCUT2D eigenvalue weighted by Gasteiger charge is 2.05. The molecule has 0 aliphatic carbocycles. The number of carboxylic acids is 1. The minimum atomic E-state index is -0.867. The molecule has 0 aliphatic rings. The standard InChI is InChI=1S/C6H9NO3/c1-5(2-6(9)10)3-7-4-8/h5H,2-3H2,1H3,(H,9,10). The van der Waals surface area contributed by atoms with Gasteiger partial charge in [0, 0.05) is 6.42 Å². The van der Waals surface area contributed by atoms with Crippen molar-refractivity contribution in [1.82, 2.24) is 0 Å². The fourth-order valence-electron chi connectivity index (χ4n) is 0.556. The number of aliphatic imine (C=N–C) groups is 1. The Morgan fingerprint density at radius 1 is 1.80 bits per heavy atom. The average Bonchev–Trinajstić information content (AvgIpc) is 1.82. The lowest BCUT2D eigenvalue weighted by Gasteiger charge is -2.00. The number of hydrogen-bond donors (Lipinski definition) is 1. The first-order valence-corrected chi connectivity index (χ1v) is 2.92. The minimum absolute atomic E-state index is 0.0468. The van der Waals surface area contributed by atoms with Crippen molar-refractivity contribution in [2.45, 2.75) is 13.3 Å². The summed E-state index contributed by atoms with van der Waals surface area (Å²) in [6.45, 7) is 1.96. The van der Waals surface area contributed by atoms with Gasteiger partial charge in [-0.25, -0.2) is 9.79 Å². The molecule has 1 atom stereocenters. The van der Waals surface area contributed by atoms with Gasteiger partial charge in [-0.05, 0) is 5.92 Å². The minimum Gasteiger partial charge on any atom is -0.481 e. The van der Waals surface area contributed by atoms with Gasteiger partial charge in [-0.1, -0.05) is 6.92 Å². The topological polar surface area (TPSA) is 66.7 Å². The quantitative estimate of drug-likeness (QED) is 0.458. The highest BCUT2D eigenvalue weighted by molar-refractivity contribution is 5.66. The van der Waals surface area contributed by atoms with E-state index in [-0.39, 0.29) is 18.9 Å². The summed E-state index contributed by atoms with van der Waals surface area (Å²) in [6.07, 6.45) is 1.40. The van der Waals surface area contributed by atoms with E-state index in [9.17, 15) is 9.59 Å². The molecular weight excluding hydrogens is 134 g/mol. The van der Waals surface area contributed by atoms with Gasteiger partial charge < -0.3 is 5.11 Å². The van der Waals surface area contributed by atoms with Crippen LogP contribution in [0.5, 0.6) is 0 Å². The molecule has 56 valence electrons. The summed E-state index contributed by atoms with van der Waals surface area (Å²) in [5.41, 5.74) is 0. The summed E-state index contributed by atoms with van der Waals surface area (Å²) in [5.74, 6) is -0.951. The molecule has 0 amide bonds. The average molecular weight is 143 g/mol. The van der Waals surface area contributed by atoms with Gasteiger partial charge in [0.15, 0.2) is 0 Å². The van der Waals surface area contributed by atoms with Crippen LogP contribution < -0.4 is 0 Å². The van der Waals surface area contributed by atoms with Crippen LogP contribution in [0.4, 0.5) is 0 Å². The van der Waals surface area contributed by atoms with E-state index in [1.807, 2.05) is 0 Å². The summed E-state index contributed by atoms with van der Waals surface area (Å²) in [4.78, 5) is 22.8. The third kappa shape index (κ3) is 5.00. The molecule has 0 rings (SSSR count). The van der Waals surface area contributed by atoms with Crippen LogP contribution in [0.15, 0.2) is 4.99 Å². The van der Waals surface area contributed by atoms with Crippen molar-refractivity contribution in [3.63, 3.8) is 0 Å². The Kier molecular flexibility index (Phi) is 4.16. The van der Waals surface area contributed by atoms with Crippen LogP contribution in [0.2, 0.25) is 0 Å². The van der Waals surface area contributed by atoms with E-state index in [1.54, 1.807) is 6.92 Å². The van der Waals surface area contributed by atoms with Gasteiger partial charge in [0.2, 0.25) is 6.08 Å². The van der Waals surface area contributed by atoms with Gasteiger partial charge in [0.05, 0.1) is 6.54 Å². The maximum absolute atomic E-state index is 10.0. The van der Waals surface area contributed by atoms with Crippen LogP contribution in [-0.2, 0) is 9.59 Å². The largest absolute Gasteiger partial charge is 0.481 e. The molecule has 4 heteroatoms. The predicted octanol–water partition coefficient (Wildman–Crippen LogP) is 0.433. The van der Waals surface area contributed by atoms with E-state index in [1.165, 1.54) is 6.08 Å². The monoisotopic (exact) mass is 143 g/mol. The van der Waals surface area contributed by atoms with Crippen LogP contribution in [0.1, 0.15) is 13.3 Å². The summed E-state index contributed by atoms with van der Waals surface area (Å²) in [5, 5.41) is 8.24. The molecule has 10 heavy (non-hydrogen) atoms. The van der Waals surface area contributed by atoms with Crippen molar-refractivity contribution in [2.24, 2.45) is 10.9 Å². The maximum Gasteiger partial charge on any atom is 0.303 e. The zero-order valence-corrected chi connectivity index (χ0v) is 5.70. The molecule has 0 heterocycles. The Balaban J connectivity index is 3.52. The first-order chi connectivity index (χ1) is 4.66. The molecule has 0 fully saturated rings. The summed E-state index contributed by atoms with van der Waals surface area (Å²) in [6, 6.07) is 0. The number of hydrogen-bond acceptors (Lipinski definition) is 3. The van der Waals surface area contributed by atoms with E-state index in [4.69, 9.17) is 5.11 Å². The lowest BCUT2D eigenvalue weighted by atomic mass is 10.1. The fourth-order valence-corrected chi connectivity index (χ4v) is 0.556. The molecule has 0 aliphatic heterocycles. The van der Waals surface area contributed by atoms with Crippen LogP contribution in [-0.4, -0.2) is 23.7 Å². The van der Waals surface area contributed by atoms with Crippen molar-refractivity contribution in [3.05, 3.63) is 0 Å². The van der Waals surface area contributed by atoms with Gasteiger partial charge in [-0.2, -0.15) is 0 Å². The molecule has 0 radical (unpaired) electrons. The van der Waals surface area contributed by atoms with Gasteiger partial charge >= 0.3 is 5.97 Å². The smallest absolute Gasteiger partial charge is 0.303 e. The SMILES string of the molecule is CC(CN=C=O)CC(=O)O. The Morgan fingerprint density at radius 2 is 2.40 bits per heavy atom. The third-order valence-corrected chi connectivity index (χ3v) is 0.991. The molecular formula is C6H9NO3. The van der Waals surface area contributed by atoms with Gasteiger partial charge in [0.1, 0.15) is 0 Å². The fraction of sp³-hybridized carbons (Fsp3) is 0.667. The predicted molar refractivity (Wildman–Crippen MR) is 34.4 cm³/mol. The maximum atomic E-state index is 10.0. The number of aliphatic carboxylic acids is 1. The van der Waals surface area contributed by atoms with Crippen LogP contribution in [0.3, 0.4) is 0 Å². The highest BCUT2D eigenvalue weighted by Crippen LogP contribution is 2.00. The van der Waals surface area contributed by atoms with E-state index in [0.717, 1.165) is 0 Å². The number of isocyanates is 1. The van der Waals surface area contributed by atoms with Crippen molar-refractivity contribution in [2.75, 3.05) is 6.54 Å². The van der Waals surface area contributed by atoms with Gasteiger partial charge in [-0.15, -0.1) is 0 Å². The van der Waals surface area contributed by atoms with Gasteiger partial charge in [0.25, 0.3) is 0 Å².